The van der Waals surface area contributed by atoms with E-state index in [0.29, 0.717) is 27.8 Å². The van der Waals surface area contributed by atoms with E-state index < -0.39 is 10.8 Å². The Morgan fingerprint density at radius 3 is 2.42 bits per heavy atom. The predicted octanol–water partition coefficient (Wildman–Crippen LogP) is 4.42. The van der Waals surface area contributed by atoms with E-state index in [0.717, 1.165) is 5.56 Å². The zero-order valence-corrected chi connectivity index (χ0v) is 18.1. The van der Waals surface area contributed by atoms with Crippen molar-refractivity contribution in [2.75, 3.05) is 5.32 Å². The third kappa shape index (κ3) is 5.10. The molecule has 4 aromatic rings. The molecule has 0 radical (unpaired) electrons. The van der Waals surface area contributed by atoms with Gasteiger partial charge in [-0.1, -0.05) is 24.3 Å². The molecule has 0 atom stereocenters. The molecule has 2 aromatic heterocycles. The van der Waals surface area contributed by atoms with Gasteiger partial charge < -0.3 is 9.72 Å². The molecule has 2 heterocycles. The predicted molar refractivity (Wildman–Crippen MR) is 122 cm³/mol. The van der Waals surface area contributed by atoms with Gasteiger partial charge in [-0.3, -0.25) is 25.0 Å². The first-order valence-electron chi connectivity index (χ1n) is 9.69. The van der Waals surface area contributed by atoms with E-state index in [-0.39, 0.29) is 24.0 Å². The minimum Gasteiger partial charge on any atom is -0.461 e. The number of benzene rings is 2. The van der Waals surface area contributed by atoms with Crippen molar-refractivity contribution in [2.24, 2.45) is 0 Å². The van der Waals surface area contributed by atoms with Crippen molar-refractivity contribution < 1.29 is 19.2 Å². The van der Waals surface area contributed by atoms with Crippen LogP contribution in [0.5, 0.6) is 0 Å². The summed E-state index contributed by atoms with van der Waals surface area (Å²) in [6.07, 6.45) is 1.58. The van der Waals surface area contributed by atoms with Gasteiger partial charge in [-0.2, -0.15) is 0 Å². The Morgan fingerprint density at radius 2 is 1.82 bits per heavy atom. The lowest BCUT2D eigenvalue weighted by Crippen LogP contribution is -2.13. The molecule has 0 saturated carbocycles. The number of non-ortho nitro benzene ring substituents is 1. The van der Waals surface area contributed by atoms with Crippen molar-refractivity contribution in [3.63, 3.8) is 0 Å². The molecular weight excluding hydrogens is 446 g/mol. The van der Waals surface area contributed by atoms with Crippen LogP contribution in [0.2, 0.25) is 0 Å². The minimum atomic E-state index is -0.485. The SMILES string of the molecule is CC(=O)OCc1ccc(-c2nc(-c3ccc([N+](=O)[O-])cc3)[nH]c2C(=O)Nc2nccs2)cc1. The van der Waals surface area contributed by atoms with Crippen molar-refractivity contribution >= 4 is 34.0 Å². The zero-order valence-electron chi connectivity index (χ0n) is 17.3. The average Bonchev–Trinajstić information content (AvgIpc) is 3.48. The summed E-state index contributed by atoms with van der Waals surface area (Å²) in [5.41, 5.74) is 2.60. The summed E-state index contributed by atoms with van der Waals surface area (Å²) >= 11 is 1.28. The quantitative estimate of drug-likeness (QED) is 0.235. The third-order valence-corrected chi connectivity index (χ3v) is 5.29. The van der Waals surface area contributed by atoms with Gasteiger partial charge >= 0.3 is 5.97 Å². The van der Waals surface area contributed by atoms with Crippen LogP contribution >= 0.6 is 11.3 Å². The van der Waals surface area contributed by atoms with Gasteiger partial charge in [-0.25, -0.2) is 9.97 Å². The number of carbonyl (C=O) groups excluding carboxylic acids is 2. The van der Waals surface area contributed by atoms with E-state index in [1.54, 1.807) is 48.0 Å². The molecule has 2 N–H and O–H groups in total. The van der Waals surface area contributed by atoms with Crippen molar-refractivity contribution in [1.82, 2.24) is 15.0 Å². The van der Waals surface area contributed by atoms with Gasteiger partial charge in [0, 0.05) is 41.8 Å². The number of carbonyl (C=O) groups is 2. The lowest BCUT2D eigenvalue weighted by molar-refractivity contribution is -0.384. The number of aromatic nitrogens is 3. The van der Waals surface area contributed by atoms with Crippen LogP contribution in [0.1, 0.15) is 23.0 Å². The number of H-pyrrole nitrogens is 1. The second-order valence-electron chi connectivity index (χ2n) is 6.88. The number of anilines is 1. The summed E-state index contributed by atoms with van der Waals surface area (Å²) < 4.78 is 5.00. The van der Waals surface area contributed by atoms with Crippen molar-refractivity contribution in [1.29, 1.82) is 0 Å². The smallest absolute Gasteiger partial charge is 0.302 e. The fourth-order valence-corrected chi connectivity index (χ4v) is 3.54. The van der Waals surface area contributed by atoms with Gasteiger partial charge in [0.1, 0.15) is 23.8 Å². The van der Waals surface area contributed by atoms with E-state index in [4.69, 9.17) is 4.74 Å². The minimum absolute atomic E-state index is 0.0457. The molecule has 0 bridgehead atoms. The Morgan fingerprint density at radius 1 is 1.12 bits per heavy atom. The summed E-state index contributed by atoms with van der Waals surface area (Å²) in [6.45, 7) is 1.48. The number of nitrogens with zero attached hydrogens (tertiary/aromatic N) is 3. The lowest BCUT2D eigenvalue weighted by Gasteiger charge is -2.05. The third-order valence-electron chi connectivity index (χ3n) is 4.60. The molecule has 4 rings (SSSR count). The van der Waals surface area contributed by atoms with Crippen LogP contribution in [0.15, 0.2) is 60.1 Å². The van der Waals surface area contributed by atoms with Crippen LogP contribution in [0.3, 0.4) is 0 Å². The molecule has 166 valence electrons. The van der Waals surface area contributed by atoms with Gasteiger partial charge in [-0.15, -0.1) is 11.3 Å². The van der Waals surface area contributed by atoms with Crippen LogP contribution in [0, 0.1) is 10.1 Å². The average molecular weight is 463 g/mol. The number of hydrogen-bond donors (Lipinski definition) is 2. The van der Waals surface area contributed by atoms with Crippen LogP contribution in [0.4, 0.5) is 10.8 Å². The molecular formula is C22H17N5O5S. The highest BCUT2D eigenvalue weighted by molar-refractivity contribution is 7.13. The normalized spacial score (nSPS) is 10.6. The van der Waals surface area contributed by atoms with Crippen LogP contribution in [0.25, 0.3) is 22.6 Å². The molecule has 0 unspecified atom stereocenters. The number of nitro benzene ring substituents is 1. The summed E-state index contributed by atoms with van der Waals surface area (Å²) in [4.78, 5) is 46.1. The summed E-state index contributed by atoms with van der Waals surface area (Å²) in [7, 11) is 0. The summed E-state index contributed by atoms with van der Waals surface area (Å²) in [6, 6.07) is 13.0. The van der Waals surface area contributed by atoms with Crippen LogP contribution in [-0.2, 0) is 16.1 Å². The van der Waals surface area contributed by atoms with Gasteiger partial charge in [0.25, 0.3) is 11.6 Å². The van der Waals surface area contributed by atoms with Crippen molar-refractivity contribution in [3.05, 3.63) is 81.5 Å². The fourth-order valence-electron chi connectivity index (χ4n) is 3.01. The maximum absolute atomic E-state index is 13.0. The highest BCUT2D eigenvalue weighted by Gasteiger charge is 2.21. The second-order valence-corrected chi connectivity index (χ2v) is 7.78. The number of hydrogen-bond acceptors (Lipinski definition) is 8. The van der Waals surface area contributed by atoms with E-state index in [1.165, 1.54) is 30.4 Å². The Hall–Kier alpha value is -4.38. The zero-order chi connectivity index (χ0) is 23.4. The molecule has 11 heteroatoms. The number of imidazole rings is 1. The maximum Gasteiger partial charge on any atom is 0.302 e. The summed E-state index contributed by atoms with van der Waals surface area (Å²) in [5, 5.41) is 15.9. The first kappa shape index (κ1) is 21.8. The Kier molecular flexibility index (Phi) is 6.22. The van der Waals surface area contributed by atoms with Crippen LogP contribution in [-0.4, -0.2) is 31.8 Å². The van der Waals surface area contributed by atoms with E-state index in [2.05, 4.69) is 20.3 Å². The lowest BCUT2D eigenvalue weighted by atomic mass is 10.1. The Bertz CT molecular complexity index is 1300. The van der Waals surface area contributed by atoms with Gasteiger partial charge in [-0.05, 0) is 17.7 Å². The van der Waals surface area contributed by atoms with E-state index >= 15 is 0 Å². The highest BCUT2D eigenvalue weighted by atomic mass is 32.1. The first-order valence-corrected chi connectivity index (χ1v) is 10.6. The molecule has 33 heavy (non-hydrogen) atoms. The Balaban J connectivity index is 1.69. The number of rotatable bonds is 7. The fraction of sp³-hybridized carbons (Fsp3) is 0.0909. The molecule has 10 nitrogen and oxygen atoms in total. The first-order chi connectivity index (χ1) is 15.9. The number of amides is 1. The number of nitrogens with one attached hydrogen (secondary N) is 2. The molecule has 0 aliphatic carbocycles. The maximum atomic E-state index is 13.0. The number of nitro groups is 1. The number of thiazole rings is 1. The van der Waals surface area contributed by atoms with Crippen LogP contribution < -0.4 is 5.32 Å². The molecule has 1 amide bonds. The molecule has 0 aliphatic rings. The number of ether oxygens (including phenoxy) is 1. The van der Waals surface area contributed by atoms with Gasteiger partial charge in [0.05, 0.1) is 4.92 Å². The van der Waals surface area contributed by atoms with Crippen molar-refractivity contribution in [2.45, 2.75) is 13.5 Å². The van der Waals surface area contributed by atoms with Gasteiger partial charge in [0.15, 0.2) is 5.13 Å². The van der Waals surface area contributed by atoms with Gasteiger partial charge in [0.2, 0.25) is 0 Å². The summed E-state index contributed by atoms with van der Waals surface area (Å²) in [5.74, 6) is -0.418. The highest BCUT2D eigenvalue weighted by Crippen LogP contribution is 2.28. The molecule has 2 aromatic carbocycles. The molecule has 0 fully saturated rings. The topological polar surface area (TPSA) is 140 Å². The second kappa shape index (κ2) is 9.40. The number of esters is 1. The molecule has 0 spiro atoms. The largest absolute Gasteiger partial charge is 0.461 e. The molecule has 0 saturated heterocycles. The number of aromatic amines is 1. The monoisotopic (exact) mass is 463 g/mol. The van der Waals surface area contributed by atoms with E-state index in [1.807, 2.05) is 0 Å². The molecule has 0 aliphatic heterocycles. The van der Waals surface area contributed by atoms with E-state index in [9.17, 15) is 19.7 Å². The standard InChI is InChI=1S/C22H17N5O5S/c1-13(28)32-12-14-2-4-15(5-3-14)18-19(21(29)26-22-23-10-11-33-22)25-20(24-18)16-6-8-17(9-7-16)27(30)31/h2-11H,12H2,1H3,(H,24,25)(H,23,26,29). The Labute approximate surface area is 191 Å². The van der Waals surface area contributed by atoms with Crippen molar-refractivity contribution in [3.8, 4) is 22.6 Å².